The fraction of sp³-hybridized carbons (Fsp3) is 0.500. The molecule has 2 N–H and O–H groups in total. The van der Waals surface area contributed by atoms with Gasteiger partial charge in [-0.15, -0.1) is 0 Å². The minimum atomic E-state index is 0.192. The zero-order valence-electron chi connectivity index (χ0n) is 12.8. The van der Waals surface area contributed by atoms with Crippen molar-refractivity contribution in [2.75, 3.05) is 6.54 Å². The molecule has 1 aromatic heterocycles. The molecule has 0 radical (unpaired) electrons. The third-order valence-electron chi connectivity index (χ3n) is 3.45. The molecule has 2 rings (SSSR count). The van der Waals surface area contributed by atoms with E-state index in [0.29, 0.717) is 6.54 Å². The number of nitrogens with two attached hydrogens (primary N) is 1. The summed E-state index contributed by atoms with van der Waals surface area (Å²) in [5.41, 5.74) is 8.34. The third-order valence-corrected chi connectivity index (χ3v) is 3.45. The van der Waals surface area contributed by atoms with E-state index in [-0.39, 0.29) is 5.41 Å². The first-order valence-corrected chi connectivity index (χ1v) is 7.08. The Bertz CT molecular complexity index is 561. The average Bonchev–Trinajstić information content (AvgIpc) is 2.70. The zero-order chi connectivity index (χ0) is 14.8. The lowest BCUT2D eigenvalue weighted by Crippen LogP contribution is -2.10. The lowest BCUT2D eigenvalue weighted by Gasteiger charge is -2.19. The summed E-state index contributed by atoms with van der Waals surface area (Å²) in [7, 11) is 1.94. The molecule has 0 amide bonds. The molecule has 1 aromatic carbocycles. The SMILES string of the molecule is Cn1nc(CCN)nc1Cc1ccc(C(C)(C)C)cc1. The second kappa shape index (κ2) is 5.75. The fourth-order valence-corrected chi connectivity index (χ4v) is 2.17. The summed E-state index contributed by atoms with van der Waals surface area (Å²) in [5, 5.41) is 4.38. The van der Waals surface area contributed by atoms with Gasteiger partial charge in [0.1, 0.15) is 5.82 Å². The quantitative estimate of drug-likeness (QED) is 0.928. The fourth-order valence-electron chi connectivity index (χ4n) is 2.17. The highest BCUT2D eigenvalue weighted by atomic mass is 15.3. The molecule has 20 heavy (non-hydrogen) atoms. The average molecular weight is 272 g/mol. The molecule has 0 aliphatic heterocycles. The standard InChI is InChI=1S/C16H24N4/c1-16(2,3)13-7-5-12(6-8-13)11-15-18-14(9-10-17)19-20(15)4/h5-8H,9-11,17H2,1-4H3. The molecular formula is C16H24N4. The number of hydrogen-bond donors (Lipinski definition) is 1. The number of benzene rings is 1. The summed E-state index contributed by atoms with van der Waals surface area (Å²) in [6, 6.07) is 8.76. The summed E-state index contributed by atoms with van der Waals surface area (Å²) in [6.07, 6.45) is 1.54. The van der Waals surface area contributed by atoms with Crippen molar-refractivity contribution in [2.24, 2.45) is 12.8 Å². The van der Waals surface area contributed by atoms with Gasteiger partial charge in [-0.1, -0.05) is 45.0 Å². The zero-order valence-corrected chi connectivity index (χ0v) is 12.8. The van der Waals surface area contributed by atoms with E-state index in [1.807, 2.05) is 11.7 Å². The first kappa shape index (κ1) is 14.7. The first-order chi connectivity index (χ1) is 9.40. The van der Waals surface area contributed by atoms with Crippen molar-refractivity contribution in [1.82, 2.24) is 14.8 Å². The minimum Gasteiger partial charge on any atom is -0.330 e. The Morgan fingerprint density at radius 2 is 1.80 bits per heavy atom. The second-order valence-electron chi connectivity index (χ2n) is 6.23. The molecule has 0 fully saturated rings. The number of aryl methyl sites for hydroxylation is 1. The smallest absolute Gasteiger partial charge is 0.152 e. The summed E-state index contributed by atoms with van der Waals surface area (Å²) in [6.45, 7) is 7.26. The van der Waals surface area contributed by atoms with Crippen molar-refractivity contribution in [1.29, 1.82) is 0 Å². The van der Waals surface area contributed by atoms with Gasteiger partial charge in [0, 0.05) is 19.9 Å². The van der Waals surface area contributed by atoms with Crippen LogP contribution in [0.1, 0.15) is 43.5 Å². The molecule has 0 bridgehead atoms. The van der Waals surface area contributed by atoms with Crippen LogP contribution in [0.4, 0.5) is 0 Å². The van der Waals surface area contributed by atoms with Crippen LogP contribution >= 0.6 is 0 Å². The minimum absolute atomic E-state index is 0.192. The summed E-state index contributed by atoms with van der Waals surface area (Å²) in [5.74, 6) is 1.81. The molecule has 108 valence electrons. The summed E-state index contributed by atoms with van der Waals surface area (Å²) in [4.78, 5) is 4.54. The van der Waals surface area contributed by atoms with Crippen LogP contribution in [0.15, 0.2) is 24.3 Å². The van der Waals surface area contributed by atoms with Crippen LogP contribution in [-0.2, 0) is 25.3 Å². The highest BCUT2D eigenvalue weighted by molar-refractivity contribution is 5.29. The Hall–Kier alpha value is -1.68. The maximum atomic E-state index is 5.54. The van der Waals surface area contributed by atoms with Crippen molar-refractivity contribution in [3.8, 4) is 0 Å². The van der Waals surface area contributed by atoms with Gasteiger partial charge in [-0.25, -0.2) is 4.98 Å². The van der Waals surface area contributed by atoms with Crippen LogP contribution in [0.3, 0.4) is 0 Å². The highest BCUT2D eigenvalue weighted by Crippen LogP contribution is 2.22. The van der Waals surface area contributed by atoms with E-state index in [1.165, 1.54) is 11.1 Å². The summed E-state index contributed by atoms with van der Waals surface area (Å²) < 4.78 is 1.85. The van der Waals surface area contributed by atoms with Crippen molar-refractivity contribution in [2.45, 2.75) is 39.0 Å². The van der Waals surface area contributed by atoms with Gasteiger partial charge >= 0.3 is 0 Å². The van der Waals surface area contributed by atoms with Crippen molar-refractivity contribution >= 4 is 0 Å². The third kappa shape index (κ3) is 3.45. The van der Waals surface area contributed by atoms with Crippen molar-refractivity contribution < 1.29 is 0 Å². The van der Waals surface area contributed by atoms with Gasteiger partial charge in [0.25, 0.3) is 0 Å². The summed E-state index contributed by atoms with van der Waals surface area (Å²) >= 11 is 0. The van der Waals surface area contributed by atoms with E-state index < -0.39 is 0 Å². The molecule has 0 aliphatic rings. The molecule has 0 atom stereocenters. The molecule has 4 heteroatoms. The van der Waals surface area contributed by atoms with E-state index in [2.05, 4.69) is 55.1 Å². The van der Waals surface area contributed by atoms with Crippen LogP contribution in [0.25, 0.3) is 0 Å². The van der Waals surface area contributed by atoms with Gasteiger partial charge in [-0.3, -0.25) is 4.68 Å². The van der Waals surface area contributed by atoms with Gasteiger partial charge in [-0.2, -0.15) is 5.10 Å². The van der Waals surface area contributed by atoms with Crippen LogP contribution in [0.5, 0.6) is 0 Å². The maximum absolute atomic E-state index is 5.54. The number of nitrogens with zero attached hydrogens (tertiary/aromatic N) is 3. The first-order valence-electron chi connectivity index (χ1n) is 7.08. The molecule has 0 saturated heterocycles. The van der Waals surface area contributed by atoms with Crippen LogP contribution < -0.4 is 5.73 Å². The largest absolute Gasteiger partial charge is 0.330 e. The highest BCUT2D eigenvalue weighted by Gasteiger charge is 2.13. The number of hydrogen-bond acceptors (Lipinski definition) is 3. The molecule has 0 spiro atoms. The normalized spacial score (nSPS) is 11.8. The van der Waals surface area contributed by atoms with Gasteiger partial charge in [-0.05, 0) is 23.1 Å². The van der Waals surface area contributed by atoms with Crippen LogP contribution in [0.2, 0.25) is 0 Å². The molecule has 0 aliphatic carbocycles. The maximum Gasteiger partial charge on any atom is 0.152 e. The molecule has 0 saturated carbocycles. The van der Waals surface area contributed by atoms with Crippen LogP contribution in [-0.4, -0.2) is 21.3 Å². The van der Waals surface area contributed by atoms with E-state index in [9.17, 15) is 0 Å². The predicted octanol–water partition coefficient (Wildman–Crippen LogP) is 2.20. The van der Waals surface area contributed by atoms with Crippen LogP contribution in [0, 0.1) is 0 Å². The van der Waals surface area contributed by atoms with Gasteiger partial charge in [0.05, 0.1) is 0 Å². The van der Waals surface area contributed by atoms with Crippen molar-refractivity contribution in [3.63, 3.8) is 0 Å². The topological polar surface area (TPSA) is 56.7 Å². The van der Waals surface area contributed by atoms with E-state index in [4.69, 9.17) is 5.73 Å². The molecule has 4 nitrogen and oxygen atoms in total. The molecular weight excluding hydrogens is 248 g/mol. The number of rotatable bonds is 4. The van der Waals surface area contributed by atoms with E-state index >= 15 is 0 Å². The van der Waals surface area contributed by atoms with Gasteiger partial charge in [0.15, 0.2) is 5.82 Å². The van der Waals surface area contributed by atoms with E-state index in [1.54, 1.807) is 0 Å². The van der Waals surface area contributed by atoms with Gasteiger partial charge < -0.3 is 5.73 Å². The van der Waals surface area contributed by atoms with Crippen molar-refractivity contribution in [3.05, 3.63) is 47.0 Å². The Morgan fingerprint density at radius 3 is 2.35 bits per heavy atom. The monoisotopic (exact) mass is 272 g/mol. The Balaban J connectivity index is 2.14. The van der Waals surface area contributed by atoms with E-state index in [0.717, 1.165) is 24.5 Å². The lowest BCUT2D eigenvalue weighted by atomic mass is 9.86. The second-order valence-corrected chi connectivity index (χ2v) is 6.23. The Morgan fingerprint density at radius 1 is 1.15 bits per heavy atom. The lowest BCUT2D eigenvalue weighted by molar-refractivity contribution is 0.590. The number of aromatic nitrogens is 3. The molecule has 2 aromatic rings. The Labute approximate surface area is 121 Å². The molecule has 0 unspecified atom stereocenters. The van der Waals surface area contributed by atoms with Gasteiger partial charge in [0.2, 0.25) is 0 Å². The Kier molecular flexibility index (Phi) is 4.23. The molecule has 1 heterocycles. The predicted molar refractivity (Wildman–Crippen MR) is 81.7 cm³/mol.